The van der Waals surface area contributed by atoms with Crippen LogP contribution in [0, 0.1) is 18.8 Å². The van der Waals surface area contributed by atoms with Crippen LogP contribution >= 0.6 is 11.8 Å². The van der Waals surface area contributed by atoms with Crippen LogP contribution in [0.3, 0.4) is 0 Å². The molecule has 2 fully saturated rings. The van der Waals surface area contributed by atoms with Gasteiger partial charge >= 0.3 is 0 Å². The largest absolute Gasteiger partial charge is 0.294 e. The quantitative estimate of drug-likeness (QED) is 0.609. The maximum Gasteiger partial charge on any atom is 0.213 e. The highest BCUT2D eigenvalue weighted by molar-refractivity contribution is 8.00. The van der Waals surface area contributed by atoms with E-state index in [1.54, 1.807) is 13.0 Å². The van der Waals surface area contributed by atoms with Gasteiger partial charge in [0, 0.05) is 22.0 Å². The van der Waals surface area contributed by atoms with Crippen LogP contribution in [0.4, 0.5) is 4.39 Å². The zero-order chi connectivity index (χ0) is 13.4. The molecule has 19 heavy (non-hydrogen) atoms. The minimum atomic E-state index is -0.509. The highest BCUT2D eigenvalue weighted by Crippen LogP contribution is 2.44. The second-order valence-corrected chi connectivity index (χ2v) is 7.22. The standard InChI is InChI=1S/C15H18FNOS/c1-9-13(5-6-14(16)17-9)15(18)10-7-11-3-2-4-12(8-10)19-11/h5-6,10-12H,2-4,7-8H2,1H3. The van der Waals surface area contributed by atoms with Crippen LogP contribution in [-0.2, 0) is 0 Å². The van der Waals surface area contributed by atoms with Gasteiger partial charge in [-0.2, -0.15) is 16.2 Å². The Morgan fingerprint density at radius 3 is 2.63 bits per heavy atom. The van der Waals surface area contributed by atoms with Crippen molar-refractivity contribution in [1.82, 2.24) is 4.98 Å². The Kier molecular flexibility index (Phi) is 3.61. The van der Waals surface area contributed by atoms with Crippen LogP contribution in [0.2, 0.25) is 0 Å². The number of halogens is 1. The predicted octanol–water partition coefficient (Wildman–Crippen LogP) is 3.78. The highest BCUT2D eigenvalue weighted by atomic mass is 32.2. The molecule has 0 saturated carbocycles. The molecular weight excluding hydrogens is 261 g/mol. The number of rotatable bonds is 2. The molecule has 4 heteroatoms. The first-order valence-electron chi connectivity index (χ1n) is 6.96. The summed E-state index contributed by atoms with van der Waals surface area (Å²) in [7, 11) is 0. The Hall–Kier alpha value is -0.900. The van der Waals surface area contributed by atoms with E-state index in [9.17, 15) is 9.18 Å². The molecule has 3 heterocycles. The van der Waals surface area contributed by atoms with Gasteiger partial charge in [-0.1, -0.05) is 6.42 Å². The van der Waals surface area contributed by atoms with Crippen molar-refractivity contribution in [2.24, 2.45) is 5.92 Å². The minimum Gasteiger partial charge on any atom is -0.294 e. The summed E-state index contributed by atoms with van der Waals surface area (Å²) in [6.45, 7) is 1.72. The molecule has 2 aliphatic rings. The normalized spacial score (nSPS) is 30.1. The molecule has 2 bridgehead atoms. The van der Waals surface area contributed by atoms with Gasteiger partial charge in [-0.25, -0.2) is 4.98 Å². The third kappa shape index (κ3) is 2.69. The fraction of sp³-hybridized carbons (Fsp3) is 0.600. The molecule has 1 aromatic heterocycles. The maximum absolute atomic E-state index is 13.0. The zero-order valence-corrected chi connectivity index (χ0v) is 11.9. The van der Waals surface area contributed by atoms with Crippen molar-refractivity contribution in [1.29, 1.82) is 0 Å². The number of ketones is 1. The fourth-order valence-corrected chi connectivity index (χ4v) is 5.12. The number of nitrogens with zero attached hydrogens (tertiary/aromatic N) is 1. The van der Waals surface area contributed by atoms with Gasteiger partial charge in [0.05, 0.1) is 5.69 Å². The number of aromatic nitrogens is 1. The number of pyridine rings is 1. The van der Waals surface area contributed by atoms with Gasteiger partial charge in [-0.15, -0.1) is 0 Å². The lowest BCUT2D eigenvalue weighted by molar-refractivity contribution is 0.0895. The van der Waals surface area contributed by atoms with E-state index in [-0.39, 0.29) is 11.7 Å². The number of thioether (sulfide) groups is 1. The van der Waals surface area contributed by atoms with E-state index in [4.69, 9.17) is 0 Å². The molecule has 102 valence electrons. The average Bonchev–Trinajstić information content (AvgIpc) is 2.37. The van der Waals surface area contributed by atoms with Gasteiger partial charge in [0.25, 0.3) is 0 Å². The third-order valence-corrected chi connectivity index (χ3v) is 5.85. The number of Topliss-reactive ketones (excluding diaryl/α,β-unsaturated/α-hetero) is 1. The van der Waals surface area contributed by atoms with Gasteiger partial charge in [0.2, 0.25) is 5.95 Å². The molecule has 3 rings (SSSR count). The predicted molar refractivity (Wildman–Crippen MR) is 75.0 cm³/mol. The van der Waals surface area contributed by atoms with Crippen LogP contribution < -0.4 is 0 Å². The number of hydrogen-bond acceptors (Lipinski definition) is 3. The van der Waals surface area contributed by atoms with Crippen LogP contribution in [0.1, 0.15) is 48.2 Å². The molecule has 0 N–H and O–H groups in total. The minimum absolute atomic E-state index is 0.113. The molecule has 0 spiro atoms. The summed E-state index contributed by atoms with van der Waals surface area (Å²) in [6, 6.07) is 2.89. The van der Waals surface area contributed by atoms with Crippen LogP contribution in [0.5, 0.6) is 0 Å². The maximum atomic E-state index is 13.0. The Labute approximate surface area is 117 Å². The topological polar surface area (TPSA) is 30.0 Å². The summed E-state index contributed by atoms with van der Waals surface area (Å²) < 4.78 is 13.0. The molecule has 2 nitrogen and oxygen atoms in total. The molecule has 2 aliphatic heterocycles. The second-order valence-electron chi connectivity index (χ2n) is 5.61. The van der Waals surface area contributed by atoms with Crippen LogP contribution in [-0.4, -0.2) is 21.3 Å². The summed E-state index contributed by atoms with van der Waals surface area (Å²) in [6.07, 6.45) is 5.76. The van der Waals surface area contributed by atoms with E-state index in [1.165, 1.54) is 25.3 Å². The smallest absolute Gasteiger partial charge is 0.213 e. The number of carbonyl (C=O) groups excluding carboxylic acids is 1. The van der Waals surface area contributed by atoms with E-state index >= 15 is 0 Å². The summed E-state index contributed by atoms with van der Waals surface area (Å²) in [5, 5.41) is 1.30. The van der Waals surface area contributed by atoms with Crippen molar-refractivity contribution in [3.05, 3.63) is 29.3 Å². The summed E-state index contributed by atoms with van der Waals surface area (Å²) in [4.78, 5) is 16.4. The molecule has 2 atom stereocenters. The van der Waals surface area contributed by atoms with Crippen LogP contribution in [0.25, 0.3) is 0 Å². The van der Waals surface area contributed by atoms with E-state index in [0.29, 0.717) is 21.8 Å². The molecule has 0 aromatic carbocycles. The van der Waals surface area contributed by atoms with Crippen molar-refractivity contribution in [3.8, 4) is 0 Å². The van der Waals surface area contributed by atoms with Crippen molar-refractivity contribution < 1.29 is 9.18 Å². The number of fused-ring (bicyclic) bond motifs is 2. The van der Waals surface area contributed by atoms with Gasteiger partial charge in [-0.3, -0.25) is 4.79 Å². The van der Waals surface area contributed by atoms with Gasteiger partial charge in [0.15, 0.2) is 5.78 Å². The lowest BCUT2D eigenvalue weighted by Gasteiger charge is -2.38. The van der Waals surface area contributed by atoms with Crippen LogP contribution in [0.15, 0.2) is 12.1 Å². The van der Waals surface area contributed by atoms with Crippen molar-refractivity contribution in [2.45, 2.75) is 49.5 Å². The number of aryl methyl sites for hydroxylation is 1. The van der Waals surface area contributed by atoms with Crippen molar-refractivity contribution >= 4 is 17.5 Å². The molecule has 2 unspecified atom stereocenters. The van der Waals surface area contributed by atoms with Gasteiger partial charge in [0.1, 0.15) is 0 Å². The zero-order valence-electron chi connectivity index (χ0n) is 11.1. The lowest BCUT2D eigenvalue weighted by atomic mass is 9.84. The molecule has 0 amide bonds. The molecular formula is C15H18FNOS. The summed E-state index contributed by atoms with van der Waals surface area (Å²) in [5.74, 6) is -0.227. The Bertz CT molecular complexity index is 493. The Morgan fingerprint density at radius 2 is 2.00 bits per heavy atom. The highest BCUT2D eigenvalue weighted by Gasteiger charge is 2.36. The Balaban J connectivity index is 1.80. The molecule has 0 aliphatic carbocycles. The van der Waals surface area contributed by atoms with Crippen molar-refractivity contribution in [2.75, 3.05) is 0 Å². The van der Waals surface area contributed by atoms with Gasteiger partial charge < -0.3 is 0 Å². The molecule has 2 saturated heterocycles. The monoisotopic (exact) mass is 279 g/mol. The van der Waals surface area contributed by atoms with E-state index < -0.39 is 5.95 Å². The summed E-state index contributed by atoms with van der Waals surface area (Å²) >= 11 is 2.07. The second kappa shape index (κ2) is 5.23. The number of carbonyl (C=O) groups is 1. The lowest BCUT2D eigenvalue weighted by Crippen LogP contribution is -2.33. The fourth-order valence-electron chi connectivity index (χ4n) is 3.28. The van der Waals surface area contributed by atoms with E-state index in [1.807, 2.05) is 0 Å². The third-order valence-electron chi connectivity index (χ3n) is 4.22. The number of hydrogen-bond donors (Lipinski definition) is 0. The molecule has 0 radical (unpaired) electrons. The molecule has 1 aromatic rings. The average molecular weight is 279 g/mol. The SMILES string of the molecule is Cc1nc(F)ccc1C(=O)C1CC2CCCC(C1)S2. The van der Waals surface area contributed by atoms with Gasteiger partial charge in [-0.05, 0) is 44.7 Å². The van der Waals surface area contributed by atoms with E-state index in [2.05, 4.69) is 16.7 Å². The van der Waals surface area contributed by atoms with E-state index in [0.717, 1.165) is 12.8 Å². The van der Waals surface area contributed by atoms with Crippen molar-refractivity contribution in [3.63, 3.8) is 0 Å². The first-order valence-corrected chi connectivity index (χ1v) is 7.90. The first-order chi connectivity index (χ1) is 9.13. The first kappa shape index (κ1) is 13.1. The summed E-state index contributed by atoms with van der Waals surface area (Å²) in [5.41, 5.74) is 1.13. The Morgan fingerprint density at radius 1 is 1.32 bits per heavy atom.